The number of fused-ring (bicyclic) bond motifs is 1. The number of benzene rings is 2. The van der Waals surface area contributed by atoms with E-state index in [1.807, 2.05) is 19.1 Å². The van der Waals surface area contributed by atoms with Crippen molar-refractivity contribution in [3.8, 4) is 5.75 Å². The number of methoxy groups -OCH3 is 1. The van der Waals surface area contributed by atoms with Crippen LogP contribution in [0.15, 0.2) is 60.6 Å². The van der Waals surface area contributed by atoms with E-state index in [4.69, 9.17) is 16.3 Å². The molecule has 13 heteroatoms. The van der Waals surface area contributed by atoms with Gasteiger partial charge in [-0.2, -0.15) is 0 Å². The Kier molecular flexibility index (Phi) is 11.7. The Morgan fingerprint density at radius 2 is 1.76 bits per heavy atom. The average molecular weight is 650 g/mol. The molecule has 0 aliphatic heterocycles. The lowest BCUT2D eigenvalue weighted by Gasteiger charge is -2.26. The molecule has 1 unspecified atom stereocenters. The number of carbonyl (C=O) groups excluding carboxylic acids is 4. The van der Waals surface area contributed by atoms with Gasteiger partial charge in [-0.3, -0.25) is 19.2 Å². The number of carboxylic acids is 1. The third-order valence-electron chi connectivity index (χ3n) is 7.81. The molecule has 0 bridgehead atoms. The number of hydrogen-bond acceptors (Lipinski definition) is 7. The minimum absolute atomic E-state index is 0.00855. The van der Waals surface area contributed by atoms with Crippen molar-refractivity contribution in [1.82, 2.24) is 25.9 Å². The molecule has 4 rings (SSSR count). The summed E-state index contributed by atoms with van der Waals surface area (Å²) >= 11 is 6.04. The topological polar surface area (TPSA) is 180 Å². The molecule has 1 aliphatic rings. The normalized spacial score (nSPS) is 16.6. The van der Waals surface area contributed by atoms with Crippen LogP contribution in [0.2, 0.25) is 5.02 Å². The molecule has 0 spiro atoms. The van der Waals surface area contributed by atoms with Gasteiger partial charge in [0.05, 0.1) is 32.9 Å². The Labute approximate surface area is 271 Å². The Morgan fingerprint density at radius 1 is 1.04 bits per heavy atom. The van der Waals surface area contributed by atoms with E-state index in [0.29, 0.717) is 34.9 Å². The Morgan fingerprint density at radius 3 is 2.43 bits per heavy atom. The van der Waals surface area contributed by atoms with Crippen LogP contribution >= 0.6 is 11.6 Å². The summed E-state index contributed by atoms with van der Waals surface area (Å²) in [6.07, 6.45) is 4.84. The van der Waals surface area contributed by atoms with E-state index in [-0.39, 0.29) is 18.6 Å². The standard InChI is InChI=1S/C33H36ClN5O7/c1-19-4-3-5-25(32(43)20-6-8-21(34)9-7-20)24-11-10-23(46-2)13-27(24)26(19)14-29(40)36-16-30(41)37-17-31(42)39-28(33(44)45)12-22-15-35-18-38-22/h6-11,13,15,18,25,28H,3-5,12,14,16-17H2,1-2H3,(H,35,38)(H,36,40)(H,37,41)(H,39,42)(H,44,45)/b26-19-/t25?,28-/m0/s1. The Hall–Kier alpha value is -4.97. The van der Waals surface area contributed by atoms with Crippen LogP contribution in [0, 0.1) is 0 Å². The molecule has 1 aliphatic carbocycles. The van der Waals surface area contributed by atoms with Crippen molar-refractivity contribution in [2.45, 2.75) is 51.0 Å². The van der Waals surface area contributed by atoms with Crippen molar-refractivity contribution in [1.29, 1.82) is 0 Å². The largest absolute Gasteiger partial charge is 0.497 e. The molecule has 2 atom stereocenters. The van der Waals surface area contributed by atoms with Crippen LogP contribution in [0.5, 0.6) is 5.75 Å². The highest BCUT2D eigenvalue weighted by atomic mass is 35.5. The van der Waals surface area contributed by atoms with E-state index in [2.05, 4.69) is 25.9 Å². The lowest BCUT2D eigenvalue weighted by molar-refractivity contribution is -0.141. The summed E-state index contributed by atoms with van der Waals surface area (Å²) in [5.74, 6) is -2.88. The zero-order chi connectivity index (χ0) is 33.2. The smallest absolute Gasteiger partial charge is 0.326 e. The number of nitrogens with one attached hydrogen (secondary N) is 4. The SMILES string of the molecule is COc1ccc2c(c1)/C(CC(=O)NCC(=O)NCC(=O)N[C@@H](Cc1cnc[nH]1)C(=O)O)=C(/C)CCCC2C(=O)c1ccc(Cl)cc1. The Balaban J connectivity index is 1.40. The van der Waals surface area contributed by atoms with Crippen LogP contribution in [0.4, 0.5) is 0 Å². The minimum Gasteiger partial charge on any atom is -0.497 e. The molecule has 46 heavy (non-hydrogen) atoms. The van der Waals surface area contributed by atoms with Gasteiger partial charge in [0, 0.05) is 34.8 Å². The van der Waals surface area contributed by atoms with Gasteiger partial charge in [0.2, 0.25) is 17.7 Å². The van der Waals surface area contributed by atoms with Gasteiger partial charge in [-0.25, -0.2) is 9.78 Å². The number of ether oxygens (including phenoxy) is 1. The average Bonchev–Trinajstić information content (AvgIpc) is 3.56. The predicted molar refractivity (Wildman–Crippen MR) is 170 cm³/mol. The summed E-state index contributed by atoms with van der Waals surface area (Å²) in [5, 5.41) is 17.3. The van der Waals surface area contributed by atoms with Crippen molar-refractivity contribution < 1.29 is 33.8 Å². The van der Waals surface area contributed by atoms with Crippen LogP contribution in [0.1, 0.15) is 65.7 Å². The number of imidazole rings is 1. The second-order valence-electron chi connectivity index (χ2n) is 11.0. The minimum atomic E-state index is -1.24. The van der Waals surface area contributed by atoms with Gasteiger partial charge in [-0.1, -0.05) is 23.2 Å². The first kappa shape index (κ1) is 33.9. The van der Waals surface area contributed by atoms with Crippen LogP contribution in [0.25, 0.3) is 5.57 Å². The highest BCUT2D eigenvalue weighted by molar-refractivity contribution is 6.30. The molecule has 0 saturated carbocycles. The van der Waals surface area contributed by atoms with Gasteiger partial charge in [0.15, 0.2) is 5.78 Å². The highest BCUT2D eigenvalue weighted by Crippen LogP contribution is 2.40. The van der Waals surface area contributed by atoms with Crippen molar-refractivity contribution in [2.75, 3.05) is 20.2 Å². The number of aromatic amines is 1. The molecule has 1 aromatic heterocycles. The monoisotopic (exact) mass is 649 g/mol. The van der Waals surface area contributed by atoms with Gasteiger partial charge < -0.3 is 30.8 Å². The number of allylic oxidation sites excluding steroid dienone is 1. The second-order valence-corrected chi connectivity index (χ2v) is 11.4. The maximum absolute atomic E-state index is 13.7. The molecule has 3 aromatic rings. The number of halogens is 1. The van der Waals surface area contributed by atoms with Gasteiger partial charge in [-0.15, -0.1) is 0 Å². The lowest BCUT2D eigenvalue weighted by Crippen LogP contribution is -2.47. The number of nitrogens with zero attached hydrogens (tertiary/aromatic N) is 1. The van der Waals surface area contributed by atoms with Crippen molar-refractivity contribution in [3.05, 3.63) is 88.0 Å². The van der Waals surface area contributed by atoms with Crippen LogP contribution < -0.4 is 20.7 Å². The van der Waals surface area contributed by atoms with Crippen molar-refractivity contribution in [2.24, 2.45) is 0 Å². The fraction of sp³-hybridized carbons (Fsp3) is 0.333. The summed E-state index contributed by atoms with van der Waals surface area (Å²) in [6, 6.07) is 11.1. The number of carbonyl (C=O) groups is 5. The zero-order valence-corrected chi connectivity index (χ0v) is 26.3. The molecule has 242 valence electrons. The van der Waals surface area contributed by atoms with Crippen LogP contribution in [-0.4, -0.2) is 70.8 Å². The van der Waals surface area contributed by atoms with Crippen LogP contribution in [0.3, 0.4) is 0 Å². The van der Waals surface area contributed by atoms with Crippen molar-refractivity contribution in [3.63, 3.8) is 0 Å². The van der Waals surface area contributed by atoms with Gasteiger partial charge in [0.1, 0.15) is 11.8 Å². The summed E-state index contributed by atoms with van der Waals surface area (Å²) in [5.41, 5.74) is 4.34. The fourth-order valence-electron chi connectivity index (χ4n) is 5.37. The molecule has 0 radical (unpaired) electrons. The Bertz CT molecular complexity index is 1620. The number of aromatic nitrogens is 2. The number of amides is 3. The molecule has 5 N–H and O–H groups in total. The second kappa shape index (κ2) is 15.8. The maximum Gasteiger partial charge on any atom is 0.326 e. The van der Waals surface area contributed by atoms with E-state index in [0.717, 1.165) is 28.7 Å². The first-order chi connectivity index (χ1) is 22.0. The van der Waals surface area contributed by atoms with Crippen molar-refractivity contribution >= 4 is 46.6 Å². The molecule has 12 nitrogen and oxygen atoms in total. The zero-order valence-electron chi connectivity index (χ0n) is 25.5. The number of rotatable bonds is 13. The quantitative estimate of drug-likeness (QED) is 0.175. The number of ketones is 1. The molecule has 1 heterocycles. The summed E-state index contributed by atoms with van der Waals surface area (Å²) in [4.78, 5) is 69.6. The predicted octanol–water partition coefficient (Wildman–Crippen LogP) is 3.43. The third kappa shape index (κ3) is 9.04. The fourth-order valence-corrected chi connectivity index (χ4v) is 5.50. The van der Waals surface area contributed by atoms with Crippen LogP contribution in [-0.2, 0) is 25.6 Å². The molecule has 2 aromatic carbocycles. The lowest BCUT2D eigenvalue weighted by atomic mass is 9.78. The molecule has 0 fully saturated rings. The van der Waals surface area contributed by atoms with E-state index >= 15 is 0 Å². The number of Topliss-reactive ketones (excluding diaryl/α,β-unsaturated/α-hetero) is 1. The molecular formula is C33H36ClN5O7. The molecule has 0 saturated heterocycles. The van der Waals surface area contributed by atoms with E-state index in [9.17, 15) is 29.1 Å². The van der Waals surface area contributed by atoms with Gasteiger partial charge >= 0.3 is 5.97 Å². The first-order valence-corrected chi connectivity index (χ1v) is 15.1. The van der Waals surface area contributed by atoms with Gasteiger partial charge in [0.25, 0.3) is 0 Å². The number of aliphatic carboxylic acids is 1. The third-order valence-corrected chi connectivity index (χ3v) is 8.06. The van der Waals surface area contributed by atoms with E-state index in [1.54, 1.807) is 37.4 Å². The number of carboxylic acid groups (broad SMARTS) is 1. The van der Waals surface area contributed by atoms with Gasteiger partial charge in [-0.05, 0) is 79.3 Å². The molecular weight excluding hydrogens is 614 g/mol. The first-order valence-electron chi connectivity index (χ1n) is 14.7. The molecule has 3 amide bonds. The van der Waals surface area contributed by atoms with E-state index in [1.165, 1.54) is 12.5 Å². The summed E-state index contributed by atoms with van der Waals surface area (Å²) in [7, 11) is 1.55. The number of hydrogen-bond donors (Lipinski definition) is 5. The van der Waals surface area contributed by atoms with E-state index < -0.39 is 48.7 Å². The summed E-state index contributed by atoms with van der Waals surface area (Å²) < 4.78 is 5.48. The number of H-pyrrole nitrogens is 1. The highest BCUT2D eigenvalue weighted by Gasteiger charge is 2.29. The summed E-state index contributed by atoms with van der Waals surface area (Å²) in [6.45, 7) is 1.09. The maximum atomic E-state index is 13.7.